The molecule has 0 bridgehead atoms. The second-order valence-corrected chi connectivity index (χ2v) is 3.46. The molecule has 0 aliphatic carbocycles. The Labute approximate surface area is 83.7 Å². The topological polar surface area (TPSA) is 47.0 Å². The Morgan fingerprint density at radius 3 is 3.29 bits per heavy atom. The fourth-order valence-electron chi connectivity index (χ4n) is 1.59. The van der Waals surface area contributed by atoms with E-state index in [0.29, 0.717) is 0 Å². The SMILES string of the molecule is COCCCc1ncc2c(n1)CNC2. The van der Waals surface area contributed by atoms with Crippen molar-refractivity contribution in [3.63, 3.8) is 0 Å². The van der Waals surface area contributed by atoms with Crippen molar-refractivity contribution in [1.29, 1.82) is 0 Å². The Hall–Kier alpha value is -1.00. The number of nitrogens with zero attached hydrogens (tertiary/aromatic N) is 2. The zero-order chi connectivity index (χ0) is 9.80. The molecule has 4 nitrogen and oxygen atoms in total. The third kappa shape index (κ3) is 2.08. The lowest BCUT2D eigenvalue weighted by Crippen LogP contribution is -2.02. The summed E-state index contributed by atoms with van der Waals surface area (Å²) >= 11 is 0. The van der Waals surface area contributed by atoms with Crippen LogP contribution in [0.3, 0.4) is 0 Å². The highest BCUT2D eigenvalue weighted by molar-refractivity contribution is 5.21. The zero-order valence-corrected chi connectivity index (χ0v) is 8.42. The molecule has 1 aromatic heterocycles. The standard InChI is InChI=1S/C10H15N3O/c1-14-4-2-3-10-12-6-8-5-11-7-9(8)13-10/h6,11H,2-5,7H2,1H3. The summed E-state index contributed by atoms with van der Waals surface area (Å²) < 4.78 is 4.99. The first kappa shape index (κ1) is 9.55. The summed E-state index contributed by atoms with van der Waals surface area (Å²) in [5.74, 6) is 0.935. The van der Waals surface area contributed by atoms with Gasteiger partial charge in [-0.15, -0.1) is 0 Å². The van der Waals surface area contributed by atoms with Crippen LogP contribution in [0.1, 0.15) is 23.5 Å². The monoisotopic (exact) mass is 193 g/mol. The third-order valence-corrected chi connectivity index (χ3v) is 2.36. The maximum absolute atomic E-state index is 4.99. The molecule has 1 aliphatic rings. The quantitative estimate of drug-likeness (QED) is 0.713. The Bertz CT molecular complexity index is 314. The lowest BCUT2D eigenvalue weighted by molar-refractivity contribution is 0.194. The van der Waals surface area contributed by atoms with Crippen LogP contribution in [-0.4, -0.2) is 23.7 Å². The van der Waals surface area contributed by atoms with E-state index in [4.69, 9.17) is 4.74 Å². The largest absolute Gasteiger partial charge is 0.385 e. The van der Waals surface area contributed by atoms with E-state index in [9.17, 15) is 0 Å². The lowest BCUT2D eigenvalue weighted by atomic mass is 10.2. The Kier molecular flexibility index (Phi) is 3.06. The number of hydrogen-bond acceptors (Lipinski definition) is 4. The van der Waals surface area contributed by atoms with Gasteiger partial charge in [-0.1, -0.05) is 0 Å². The van der Waals surface area contributed by atoms with E-state index in [0.717, 1.165) is 44.1 Å². The van der Waals surface area contributed by atoms with Crippen LogP contribution in [0.4, 0.5) is 0 Å². The van der Waals surface area contributed by atoms with Gasteiger partial charge in [-0.05, 0) is 6.42 Å². The molecule has 0 saturated carbocycles. The van der Waals surface area contributed by atoms with E-state index in [1.807, 2.05) is 6.20 Å². The molecule has 0 saturated heterocycles. The molecule has 0 spiro atoms. The van der Waals surface area contributed by atoms with E-state index < -0.39 is 0 Å². The molecular weight excluding hydrogens is 178 g/mol. The Morgan fingerprint density at radius 1 is 1.50 bits per heavy atom. The molecule has 2 heterocycles. The van der Waals surface area contributed by atoms with Crippen molar-refractivity contribution in [2.75, 3.05) is 13.7 Å². The molecule has 2 rings (SSSR count). The third-order valence-electron chi connectivity index (χ3n) is 2.36. The molecule has 1 aliphatic heterocycles. The van der Waals surface area contributed by atoms with Crippen molar-refractivity contribution < 1.29 is 4.74 Å². The maximum atomic E-state index is 4.99. The Balaban J connectivity index is 1.98. The molecule has 14 heavy (non-hydrogen) atoms. The average Bonchev–Trinajstić information content (AvgIpc) is 2.65. The second-order valence-electron chi connectivity index (χ2n) is 3.46. The molecule has 1 N–H and O–H groups in total. The van der Waals surface area contributed by atoms with Crippen LogP contribution in [0.25, 0.3) is 0 Å². The summed E-state index contributed by atoms with van der Waals surface area (Å²) in [4.78, 5) is 8.81. The molecule has 1 aromatic rings. The van der Waals surface area contributed by atoms with E-state index in [1.165, 1.54) is 5.56 Å². The van der Waals surface area contributed by atoms with Gasteiger partial charge in [0.2, 0.25) is 0 Å². The van der Waals surface area contributed by atoms with Crippen molar-refractivity contribution in [3.8, 4) is 0 Å². The summed E-state index contributed by atoms with van der Waals surface area (Å²) in [6.45, 7) is 2.57. The van der Waals surface area contributed by atoms with Crippen molar-refractivity contribution in [3.05, 3.63) is 23.3 Å². The summed E-state index contributed by atoms with van der Waals surface area (Å²) in [5, 5.41) is 3.25. The summed E-state index contributed by atoms with van der Waals surface area (Å²) in [7, 11) is 1.72. The van der Waals surface area contributed by atoms with Crippen LogP contribution in [0.15, 0.2) is 6.20 Å². The number of nitrogens with one attached hydrogen (secondary N) is 1. The number of methoxy groups -OCH3 is 1. The molecule has 76 valence electrons. The molecular formula is C10H15N3O. The van der Waals surface area contributed by atoms with Gasteiger partial charge in [0.05, 0.1) is 5.69 Å². The first-order valence-electron chi connectivity index (χ1n) is 4.93. The van der Waals surface area contributed by atoms with E-state index in [1.54, 1.807) is 7.11 Å². The summed E-state index contributed by atoms with van der Waals surface area (Å²) in [5.41, 5.74) is 2.40. The van der Waals surface area contributed by atoms with E-state index in [-0.39, 0.29) is 0 Å². The number of aryl methyl sites for hydroxylation is 1. The van der Waals surface area contributed by atoms with Crippen LogP contribution in [0.2, 0.25) is 0 Å². The first-order valence-corrected chi connectivity index (χ1v) is 4.93. The normalized spacial score (nSPS) is 14.4. The zero-order valence-electron chi connectivity index (χ0n) is 8.42. The summed E-state index contributed by atoms with van der Waals surface area (Å²) in [6.07, 6.45) is 3.83. The van der Waals surface area contributed by atoms with Gasteiger partial charge in [0.25, 0.3) is 0 Å². The molecule has 0 fully saturated rings. The van der Waals surface area contributed by atoms with Crippen LogP contribution in [0, 0.1) is 0 Å². The highest BCUT2D eigenvalue weighted by Gasteiger charge is 2.12. The highest BCUT2D eigenvalue weighted by atomic mass is 16.5. The minimum Gasteiger partial charge on any atom is -0.385 e. The van der Waals surface area contributed by atoms with Gasteiger partial charge in [0.15, 0.2) is 0 Å². The van der Waals surface area contributed by atoms with Crippen LogP contribution < -0.4 is 5.32 Å². The van der Waals surface area contributed by atoms with E-state index in [2.05, 4.69) is 15.3 Å². The first-order chi connectivity index (χ1) is 6.90. The Morgan fingerprint density at radius 2 is 2.43 bits per heavy atom. The van der Waals surface area contributed by atoms with Gasteiger partial charge in [-0.2, -0.15) is 0 Å². The number of ether oxygens (including phenoxy) is 1. The number of aromatic nitrogens is 2. The highest BCUT2D eigenvalue weighted by Crippen LogP contribution is 2.11. The van der Waals surface area contributed by atoms with Crippen molar-refractivity contribution in [2.24, 2.45) is 0 Å². The van der Waals surface area contributed by atoms with E-state index >= 15 is 0 Å². The predicted molar refractivity (Wildman–Crippen MR) is 52.8 cm³/mol. The number of rotatable bonds is 4. The number of fused-ring (bicyclic) bond motifs is 1. The minimum absolute atomic E-state index is 0.776. The molecule has 0 radical (unpaired) electrons. The van der Waals surface area contributed by atoms with Crippen molar-refractivity contribution in [2.45, 2.75) is 25.9 Å². The minimum atomic E-state index is 0.776. The van der Waals surface area contributed by atoms with Gasteiger partial charge >= 0.3 is 0 Å². The van der Waals surface area contributed by atoms with Gasteiger partial charge in [0, 0.05) is 45.0 Å². The molecule has 0 amide bonds. The summed E-state index contributed by atoms with van der Waals surface area (Å²) in [6, 6.07) is 0. The van der Waals surface area contributed by atoms with Crippen molar-refractivity contribution >= 4 is 0 Å². The van der Waals surface area contributed by atoms with Gasteiger partial charge in [-0.25, -0.2) is 9.97 Å². The predicted octanol–water partition coefficient (Wildman–Crippen LogP) is 0.659. The van der Waals surface area contributed by atoms with Gasteiger partial charge < -0.3 is 10.1 Å². The average molecular weight is 193 g/mol. The van der Waals surface area contributed by atoms with Crippen LogP contribution in [-0.2, 0) is 24.2 Å². The number of hydrogen-bond donors (Lipinski definition) is 1. The smallest absolute Gasteiger partial charge is 0.128 e. The van der Waals surface area contributed by atoms with Crippen LogP contribution >= 0.6 is 0 Å². The van der Waals surface area contributed by atoms with Crippen LogP contribution in [0.5, 0.6) is 0 Å². The lowest BCUT2D eigenvalue weighted by Gasteiger charge is -2.01. The fraction of sp³-hybridized carbons (Fsp3) is 0.600. The molecule has 0 unspecified atom stereocenters. The van der Waals surface area contributed by atoms with Gasteiger partial charge in [-0.3, -0.25) is 0 Å². The van der Waals surface area contributed by atoms with Gasteiger partial charge in [0.1, 0.15) is 5.82 Å². The molecule has 4 heteroatoms. The second kappa shape index (κ2) is 4.48. The molecule has 0 atom stereocenters. The molecule has 0 aromatic carbocycles. The maximum Gasteiger partial charge on any atom is 0.128 e. The fourth-order valence-corrected chi connectivity index (χ4v) is 1.59. The van der Waals surface area contributed by atoms with Crippen molar-refractivity contribution in [1.82, 2.24) is 15.3 Å².